The van der Waals surface area contributed by atoms with Crippen molar-refractivity contribution in [3.63, 3.8) is 0 Å². The molecule has 0 bridgehead atoms. The molecule has 0 aliphatic carbocycles. The van der Waals surface area contributed by atoms with E-state index in [1.165, 1.54) is 11.1 Å². The van der Waals surface area contributed by atoms with Crippen molar-refractivity contribution in [2.24, 2.45) is 0 Å². The van der Waals surface area contributed by atoms with Crippen molar-refractivity contribution in [2.45, 2.75) is 39.3 Å². The topological polar surface area (TPSA) is 54.5 Å². The maximum Gasteiger partial charge on any atom is 0.253 e. The number of ether oxygens (including phenoxy) is 1. The normalized spacial score (nSPS) is 14.8. The molecule has 3 aromatic rings. The Labute approximate surface area is 190 Å². The molecule has 0 radical (unpaired) electrons. The lowest BCUT2D eigenvalue weighted by Crippen LogP contribution is -2.44. The summed E-state index contributed by atoms with van der Waals surface area (Å²) in [5, 5.41) is 3.17. The molecular weight excluding hydrogens is 398 g/mol. The van der Waals surface area contributed by atoms with Gasteiger partial charge in [-0.25, -0.2) is 0 Å². The second-order valence-corrected chi connectivity index (χ2v) is 8.40. The van der Waals surface area contributed by atoms with Crippen LogP contribution < -0.4 is 10.1 Å². The number of likely N-dealkylation sites (tertiary alicyclic amines) is 1. The average molecular weight is 430 g/mol. The summed E-state index contributed by atoms with van der Waals surface area (Å²) in [5.74, 6) is 0.905. The van der Waals surface area contributed by atoms with Gasteiger partial charge >= 0.3 is 0 Å². The Morgan fingerprint density at radius 2 is 1.88 bits per heavy atom. The molecule has 5 nitrogen and oxygen atoms in total. The van der Waals surface area contributed by atoms with Crippen LogP contribution in [0.1, 0.15) is 41.3 Å². The van der Waals surface area contributed by atoms with E-state index in [1.54, 1.807) is 12.4 Å². The molecule has 166 valence electrons. The quantitative estimate of drug-likeness (QED) is 0.583. The molecule has 1 amide bonds. The van der Waals surface area contributed by atoms with E-state index in [0.717, 1.165) is 49.4 Å². The summed E-state index contributed by atoms with van der Waals surface area (Å²) in [6.45, 7) is 7.42. The van der Waals surface area contributed by atoms with E-state index >= 15 is 0 Å². The number of carbonyl (C=O) groups is 1. The zero-order chi connectivity index (χ0) is 22.3. The summed E-state index contributed by atoms with van der Waals surface area (Å²) in [4.78, 5) is 19.1. The zero-order valence-corrected chi connectivity index (χ0v) is 18.9. The molecule has 2 heterocycles. The van der Waals surface area contributed by atoms with Crippen LogP contribution in [0.3, 0.4) is 0 Å². The van der Waals surface area contributed by atoms with Gasteiger partial charge in [0.2, 0.25) is 0 Å². The van der Waals surface area contributed by atoms with E-state index in [9.17, 15) is 4.79 Å². The molecule has 1 aromatic heterocycles. The van der Waals surface area contributed by atoms with Gasteiger partial charge in [-0.05, 0) is 55.5 Å². The third-order valence-corrected chi connectivity index (χ3v) is 5.90. The van der Waals surface area contributed by atoms with Gasteiger partial charge in [-0.15, -0.1) is 0 Å². The van der Waals surface area contributed by atoms with Gasteiger partial charge in [-0.3, -0.25) is 14.7 Å². The van der Waals surface area contributed by atoms with Crippen molar-refractivity contribution in [2.75, 3.05) is 19.7 Å². The molecular formula is C27H31N3O2. The summed E-state index contributed by atoms with van der Waals surface area (Å²) in [6, 6.07) is 19.0. The molecule has 5 heteroatoms. The molecule has 4 rings (SSSR count). The minimum absolute atomic E-state index is 0.0301. The minimum Gasteiger partial charge on any atom is -0.493 e. The summed E-state index contributed by atoms with van der Waals surface area (Å²) in [6.07, 6.45) is 5.29. The Kier molecular flexibility index (Phi) is 7.17. The smallest absolute Gasteiger partial charge is 0.253 e. The van der Waals surface area contributed by atoms with Crippen LogP contribution in [0.15, 0.2) is 67.0 Å². The standard InChI is InChI=1S/C27H31N3O2/c1-3-32-26-16-21(9-10-25(26)22-7-5-4-6-8-22)19-30-13-11-24(12-14-30)29-27(31)23-15-20(2)17-28-18-23/h4-10,15-18,24H,3,11-14,19H2,1-2H3,(H,29,31). The van der Waals surface area contributed by atoms with Crippen LogP contribution in [0, 0.1) is 6.92 Å². The molecule has 2 aromatic carbocycles. The second-order valence-electron chi connectivity index (χ2n) is 8.40. The number of rotatable bonds is 7. The van der Waals surface area contributed by atoms with Gasteiger partial charge in [0.1, 0.15) is 5.75 Å². The van der Waals surface area contributed by atoms with Crippen molar-refractivity contribution < 1.29 is 9.53 Å². The van der Waals surface area contributed by atoms with Gasteiger partial charge in [0, 0.05) is 43.6 Å². The molecule has 1 aliphatic rings. The highest BCUT2D eigenvalue weighted by atomic mass is 16.5. The lowest BCUT2D eigenvalue weighted by Gasteiger charge is -2.32. The first-order valence-corrected chi connectivity index (χ1v) is 11.4. The van der Waals surface area contributed by atoms with Gasteiger partial charge < -0.3 is 10.1 Å². The van der Waals surface area contributed by atoms with Gasteiger partial charge in [0.05, 0.1) is 12.2 Å². The number of amides is 1. The van der Waals surface area contributed by atoms with Crippen molar-refractivity contribution in [1.29, 1.82) is 0 Å². The molecule has 0 unspecified atom stereocenters. The van der Waals surface area contributed by atoms with Crippen molar-refractivity contribution >= 4 is 5.91 Å². The van der Waals surface area contributed by atoms with Crippen LogP contribution in [0.4, 0.5) is 0 Å². The Balaban J connectivity index is 1.34. The van der Waals surface area contributed by atoms with E-state index < -0.39 is 0 Å². The van der Waals surface area contributed by atoms with Crippen LogP contribution in [-0.2, 0) is 6.54 Å². The summed E-state index contributed by atoms with van der Waals surface area (Å²) >= 11 is 0. The van der Waals surface area contributed by atoms with Crippen LogP contribution in [0.2, 0.25) is 0 Å². The van der Waals surface area contributed by atoms with Crippen LogP contribution in [0.25, 0.3) is 11.1 Å². The summed E-state index contributed by atoms with van der Waals surface area (Å²) < 4.78 is 5.96. The molecule has 1 N–H and O–H groups in total. The first-order chi connectivity index (χ1) is 15.6. The Bertz CT molecular complexity index is 1040. The first kappa shape index (κ1) is 22.0. The molecule has 0 saturated carbocycles. The van der Waals surface area contributed by atoms with E-state index in [1.807, 2.05) is 26.0 Å². The number of nitrogens with zero attached hydrogens (tertiary/aromatic N) is 2. The van der Waals surface area contributed by atoms with Gasteiger partial charge in [-0.1, -0.05) is 42.5 Å². The summed E-state index contributed by atoms with van der Waals surface area (Å²) in [7, 11) is 0. The first-order valence-electron chi connectivity index (χ1n) is 11.4. The Hall–Kier alpha value is -3.18. The SMILES string of the molecule is CCOc1cc(CN2CCC(NC(=O)c3cncc(C)c3)CC2)ccc1-c1ccccc1. The van der Waals surface area contributed by atoms with Gasteiger partial charge in [-0.2, -0.15) is 0 Å². The lowest BCUT2D eigenvalue weighted by atomic mass is 10.0. The fraction of sp³-hybridized carbons (Fsp3) is 0.333. The number of carbonyl (C=O) groups excluding carboxylic acids is 1. The van der Waals surface area contributed by atoms with Crippen molar-refractivity contribution in [3.05, 3.63) is 83.7 Å². The number of piperidine rings is 1. The van der Waals surface area contributed by atoms with Crippen LogP contribution in [-0.4, -0.2) is 41.5 Å². The monoisotopic (exact) mass is 429 g/mol. The zero-order valence-electron chi connectivity index (χ0n) is 18.9. The highest BCUT2D eigenvalue weighted by Crippen LogP contribution is 2.31. The number of benzene rings is 2. The Morgan fingerprint density at radius 3 is 2.59 bits per heavy atom. The largest absolute Gasteiger partial charge is 0.493 e. The third-order valence-electron chi connectivity index (χ3n) is 5.90. The predicted molar refractivity (Wildman–Crippen MR) is 128 cm³/mol. The maximum absolute atomic E-state index is 12.5. The van der Waals surface area contributed by atoms with Gasteiger partial charge in [0.15, 0.2) is 0 Å². The van der Waals surface area contributed by atoms with Gasteiger partial charge in [0.25, 0.3) is 5.91 Å². The van der Waals surface area contributed by atoms with Crippen LogP contribution in [0.5, 0.6) is 5.75 Å². The molecule has 1 fully saturated rings. The van der Waals surface area contributed by atoms with E-state index in [2.05, 4.69) is 57.7 Å². The fourth-order valence-electron chi connectivity index (χ4n) is 4.24. The fourth-order valence-corrected chi connectivity index (χ4v) is 4.24. The highest BCUT2D eigenvalue weighted by Gasteiger charge is 2.22. The van der Waals surface area contributed by atoms with Crippen molar-refractivity contribution in [3.8, 4) is 16.9 Å². The maximum atomic E-state index is 12.5. The second kappa shape index (κ2) is 10.4. The summed E-state index contributed by atoms with van der Waals surface area (Å²) in [5.41, 5.74) is 5.18. The molecule has 32 heavy (non-hydrogen) atoms. The number of nitrogens with one attached hydrogen (secondary N) is 1. The number of hydrogen-bond acceptors (Lipinski definition) is 4. The third kappa shape index (κ3) is 5.54. The van der Waals surface area contributed by atoms with E-state index in [0.29, 0.717) is 12.2 Å². The number of hydrogen-bond donors (Lipinski definition) is 1. The predicted octanol–water partition coefficient (Wildman–Crippen LogP) is 4.85. The van der Waals surface area contributed by atoms with Crippen molar-refractivity contribution in [1.82, 2.24) is 15.2 Å². The molecule has 1 saturated heterocycles. The lowest BCUT2D eigenvalue weighted by molar-refractivity contribution is 0.0908. The molecule has 0 spiro atoms. The Morgan fingerprint density at radius 1 is 1.09 bits per heavy atom. The average Bonchev–Trinajstić information content (AvgIpc) is 2.81. The molecule has 1 aliphatic heterocycles. The number of aryl methyl sites for hydroxylation is 1. The minimum atomic E-state index is -0.0301. The number of pyridine rings is 1. The van der Waals surface area contributed by atoms with E-state index in [-0.39, 0.29) is 11.9 Å². The number of aromatic nitrogens is 1. The molecule has 0 atom stereocenters. The van der Waals surface area contributed by atoms with E-state index in [4.69, 9.17) is 4.74 Å². The highest BCUT2D eigenvalue weighted by molar-refractivity contribution is 5.94. The van der Waals surface area contributed by atoms with Crippen LogP contribution >= 0.6 is 0 Å².